The average molecular weight is 558 g/mol. The number of aliphatic carboxylic acids is 1. The van der Waals surface area contributed by atoms with Gasteiger partial charge in [-0.25, -0.2) is 4.79 Å². The van der Waals surface area contributed by atoms with Crippen LogP contribution in [0.1, 0.15) is 32.1 Å². The number of carbonyl (C=O) groups excluding carboxylic acids is 2. The lowest BCUT2D eigenvalue weighted by molar-refractivity contribution is -0.944. The van der Waals surface area contributed by atoms with Gasteiger partial charge >= 0.3 is 5.97 Å². The van der Waals surface area contributed by atoms with Gasteiger partial charge in [0.1, 0.15) is 23.7 Å². The fourth-order valence-electron chi connectivity index (χ4n) is 6.16. The van der Waals surface area contributed by atoms with Crippen LogP contribution in [0, 0.1) is 0 Å². The lowest BCUT2D eigenvalue weighted by Gasteiger charge is -2.51. The number of hydrogen-bond donors (Lipinski definition) is 2. The van der Waals surface area contributed by atoms with Crippen molar-refractivity contribution >= 4 is 64.5 Å². The Labute approximate surface area is 223 Å². The number of likely N-dealkylation sites (N-methyl/N-ethyl adjacent to an activating group) is 1. The third-order valence-corrected chi connectivity index (χ3v) is 11.0. The van der Waals surface area contributed by atoms with Crippen molar-refractivity contribution in [1.29, 1.82) is 0 Å². The highest BCUT2D eigenvalue weighted by Crippen LogP contribution is 2.45. The number of thioether (sulfide) groups is 2. The topological polar surface area (TPSA) is 86.7 Å². The Kier molecular flexibility index (Phi) is 7.09. The van der Waals surface area contributed by atoms with Crippen LogP contribution in [0.15, 0.2) is 34.4 Å². The van der Waals surface area contributed by atoms with Crippen LogP contribution in [0.3, 0.4) is 0 Å². The van der Waals surface area contributed by atoms with E-state index in [1.807, 2.05) is 0 Å². The molecule has 4 aliphatic rings. The minimum absolute atomic E-state index is 0.0761. The minimum atomic E-state index is -1.06. The molecule has 0 saturated carbocycles. The summed E-state index contributed by atoms with van der Waals surface area (Å²) in [6.07, 6.45) is 6.02. The molecular weight excluding hydrogens is 529 g/mol. The summed E-state index contributed by atoms with van der Waals surface area (Å²) in [6, 6.07) is 5.46. The number of amides is 2. The quantitative estimate of drug-likeness (QED) is 0.300. The summed E-state index contributed by atoms with van der Waals surface area (Å²) < 4.78 is 0.892. The van der Waals surface area contributed by atoms with E-state index < -0.39 is 17.4 Å². The molecule has 4 aliphatic heterocycles. The summed E-state index contributed by atoms with van der Waals surface area (Å²) in [5, 5.41) is 13.5. The second kappa shape index (κ2) is 9.82. The van der Waals surface area contributed by atoms with E-state index in [4.69, 9.17) is 23.2 Å². The highest BCUT2D eigenvalue weighted by Gasteiger charge is 2.56. The number of β-lactam (4-membered cyclic amide) rings is 1. The molecule has 2 N–H and O–H groups in total. The van der Waals surface area contributed by atoms with Gasteiger partial charge in [-0.15, -0.1) is 23.5 Å². The van der Waals surface area contributed by atoms with Crippen molar-refractivity contribution in [2.24, 2.45) is 0 Å². The van der Waals surface area contributed by atoms with E-state index in [2.05, 4.69) is 12.4 Å². The Bertz CT molecular complexity index is 1100. The maximum absolute atomic E-state index is 13.0. The third-order valence-electron chi connectivity index (χ3n) is 7.93. The number of nitrogens with zero attached hydrogens (tertiary/aromatic N) is 2. The van der Waals surface area contributed by atoms with Crippen LogP contribution in [0.25, 0.3) is 0 Å². The minimum Gasteiger partial charge on any atom is -0.477 e. The predicted molar refractivity (Wildman–Crippen MR) is 139 cm³/mol. The molecule has 188 valence electrons. The van der Waals surface area contributed by atoms with Crippen molar-refractivity contribution < 1.29 is 24.0 Å². The molecule has 3 fully saturated rings. The van der Waals surface area contributed by atoms with Gasteiger partial charge in [-0.2, -0.15) is 0 Å². The molecule has 2 unspecified atom stereocenters. The average Bonchev–Trinajstić information content (AvgIpc) is 2.99. The number of fused-ring (bicyclic) bond motifs is 3. The zero-order chi connectivity index (χ0) is 24.9. The fraction of sp³-hybridized carbons (Fsp3) is 0.542. The SMILES string of the molecule is C[N+]1(CC2=C(C(=O)O)N3C(=O)[C@@H](NC(=O)CSc4cc(Cl)ccc4Cl)[C@H]3SC2)C2CCCC1CC2. The summed E-state index contributed by atoms with van der Waals surface area (Å²) in [7, 11) is 2.26. The highest BCUT2D eigenvalue weighted by atomic mass is 35.5. The Balaban J connectivity index is 1.26. The second-order valence-corrected chi connectivity index (χ2v) is 12.9. The number of piperidine rings is 1. The fourth-order valence-corrected chi connectivity index (χ4v) is 8.80. The van der Waals surface area contributed by atoms with Crippen LogP contribution in [-0.4, -0.2) is 80.9 Å². The zero-order valence-electron chi connectivity index (χ0n) is 19.3. The molecule has 2 bridgehead atoms. The van der Waals surface area contributed by atoms with Gasteiger partial charge in [-0.1, -0.05) is 23.2 Å². The van der Waals surface area contributed by atoms with E-state index in [0.717, 1.165) is 10.1 Å². The molecule has 35 heavy (non-hydrogen) atoms. The number of rotatable bonds is 7. The molecule has 0 aromatic heterocycles. The molecule has 7 nitrogen and oxygen atoms in total. The molecule has 11 heteroatoms. The molecule has 2 amide bonds. The number of halogens is 2. The molecule has 1 aromatic carbocycles. The smallest absolute Gasteiger partial charge is 0.352 e. The number of nitrogens with one attached hydrogen (secondary N) is 1. The molecule has 3 saturated heterocycles. The van der Waals surface area contributed by atoms with Crippen molar-refractivity contribution in [2.45, 2.75) is 60.5 Å². The Hall–Kier alpha value is -1.39. The van der Waals surface area contributed by atoms with E-state index in [-0.39, 0.29) is 23.3 Å². The van der Waals surface area contributed by atoms with E-state index in [1.165, 1.54) is 60.5 Å². The van der Waals surface area contributed by atoms with Crippen LogP contribution >= 0.6 is 46.7 Å². The van der Waals surface area contributed by atoms with Gasteiger partial charge in [0.2, 0.25) is 5.91 Å². The molecule has 1 aromatic rings. The van der Waals surface area contributed by atoms with Crippen LogP contribution in [0.4, 0.5) is 0 Å². The largest absolute Gasteiger partial charge is 0.477 e. The lowest BCUT2D eigenvalue weighted by atomic mass is 9.97. The molecule has 0 radical (unpaired) electrons. The third kappa shape index (κ3) is 4.59. The monoisotopic (exact) mass is 556 g/mol. The maximum Gasteiger partial charge on any atom is 0.352 e. The van der Waals surface area contributed by atoms with Gasteiger partial charge in [0.05, 0.1) is 29.9 Å². The molecule has 0 spiro atoms. The van der Waals surface area contributed by atoms with Crippen molar-refractivity contribution in [3.8, 4) is 0 Å². The Morgan fingerprint density at radius 1 is 1.23 bits per heavy atom. The first kappa shape index (κ1) is 25.3. The summed E-state index contributed by atoms with van der Waals surface area (Å²) in [5.41, 5.74) is 0.956. The van der Waals surface area contributed by atoms with Crippen molar-refractivity contribution in [1.82, 2.24) is 10.2 Å². The number of quaternary nitrogens is 1. The lowest BCUT2D eigenvalue weighted by Crippen LogP contribution is -2.71. The number of hydrogen-bond acceptors (Lipinski definition) is 5. The van der Waals surface area contributed by atoms with E-state index >= 15 is 0 Å². The molecule has 4 atom stereocenters. The summed E-state index contributed by atoms with van der Waals surface area (Å²) >= 11 is 14.9. The maximum atomic E-state index is 13.0. The van der Waals surface area contributed by atoms with Crippen LogP contribution in [-0.2, 0) is 14.4 Å². The highest BCUT2D eigenvalue weighted by molar-refractivity contribution is 8.00. The van der Waals surface area contributed by atoms with E-state index in [9.17, 15) is 19.5 Å². The van der Waals surface area contributed by atoms with Crippen LogP contribution in [0.2, 0.25) is 10.0 Å². The van der Waals surface area contributed by atoms with Gasteiger partial charge in [0, 0.05) is 34.1 Å². The molecule has 4 heterocycles. The van der Waals surface area contributed by atoms with Crippen LogP contribution < -0.4 is 5.32 Å². The zero-order valence-corrected chi connectivity index (χ0v) is 22.5. The number of carboxylic acids is 1. The first-order valence-electron chi connectivity index (χ1n) is 11.8. The summed E-state index contributed by atoms with van der Waals surface area (Å²) in [6.45, 7) is 0.675. The van der Waals surface area contributed by atoms with Crippen molar-refractivity contribution in [3.05, 3.63) is 39.5 Å². The normalized spacial score (nSPS) is 31.7. The first-order valence-corrected chi connectivity index (χ1v) is 14.6. The summed E-state index contributed by atoms with van der Waals surface area (Å²) in [4.78, 5) is 40.0. The van der Waals surface area contributed by atoms with Crippen molar-refractivity contribution in [2.75, 3.05) is 25.1 Å². The van der Waals surface area contributed by atoms with Gasteiger partial charge < -0.3 is 14.9 Å². The Morgan fingerprint density at radius 2 is 1.94 bits per heavy atom. The Morgan fingerprint density at radius 3 is 2.63 bits per heavy atom. The number of benzene rings is 1. The summed E-state index contributed by atoms with van der Waals surface area (Å²) in [5.74, 6) is -1.10. The predicted octanol–water partition coefficient (Wildman–Crippen LogP) is 3.99. The standard InChI is InChI=1S/C24H27Cl2N3O4S2/c1-29(15-3-2-4-16(29)7-6-15)10-13-11-35-23-20(22(31)28(23)21(13)24(32)33)27-19(30)12-34-18-9-14(25)5-8-17(18)26/h5,8-9,15-16,20,23H,2-4,6-7,10-12H2,1H3,(H-,27,30,32,33)/p+1/t15?,16?,20-,23-,29?/m1/s1. The first-order chi connectivity index (χ1) is 16.7. The molecular formula is C24H28Cl2N3O4S2+. The molecule has 5 rings (SSSR count). The van der Waals surface area contributed by atoms with Crippen LogP contribution in [0.5, 0.6) is 0 Å². The number of carbonyl (C=O) groups is 3. The molecule has 0 aliphatic carbocycles. The van der Waals surface area contributed by atoms with Gasteiger partial charge in [0.25, 0.3) is 5.91 Å². The van der Waals surface area contributed by atoms with E-state index in [1.54, 1.807) is 18.2 Å². The van der Waals surface area contributed by atoms with E-state index in [0.29, 0.717) is 39.3 Å². The number of carboxylic acid groups (broad SMARTS) is 1. The van der Waals surface area contributed by atoms with Gasteiger partial charge in [-0.05, 0) is 37.5 Å². The van der Waals surface area contributed by atoms with Gasteiger partial charge in [-0.3, -0.25) is 14.5 Å². The second-order valence-electron chi connectivity index (χ2n) is 9.90. The van der Waals surface area contributed by atoms with Gasteiger partial charge in [0.15, 0.2) is 0 Å². The van der Waals surface area contributed by atoms with Crippen molar-refractivity contribution in [3.63, 3.8) is 0 Å².